The Bertz CT molecular complexity index is 770. The fourth-order valence-corrected chi connectivity index (χ4v) is 3.03. The van der Waals surface area contributed by atoms with Crippen LogP contribution in [0.3, 0.4) is 0 Å². The van der Waals surface area contributed by atoms with Crippen LogP contribution >= 0.6 is 11.8 Å². The summed E-state index contributed by atoms with van der Waals surface area (Å²) in [6, 6.07) is 10.1. The van der Waals surface area contributed by atoms with Gasteiger partial charge in [-0.05, 0) is 28.8 Å². The zero-order valence-electron chi connectivity index (χ0n) is 14.0. The highest BCUT2D eigenvalue weighted by Gasteiger charge is 2.19. The molecule has 0 aliphatic rings. The summed E-state index contributed by atoms with van der Waals surface area (Å²) >= 11 is 1.51. The first-order valence-electron chi connectivity index (χ1n) is 7.91. The molecule has 3 rings (SSSR count). The first-order valence-corrected chi connectivity index (χ1v) is 8.79. The topological polar surface area (TPSA) is 82.5 Å². The van der Waals surface area contributed by atoms with Gasteiger partial charge >= 0.3 is 0 Å². The van der Waals surface area contributed by atoms with E-state index in [0.29, 0.717) is 24.2 Å². The zero-order chi connectivity index (χ0) is 16.9. The quantitative estimate of drug-likeness (QED) is 0.609. The average Bonchev–Trinajstić information content (AvgIpc) is 3.18. The summed E-state index contributed by atoms with van der Waals surface area (Å²) in [5.74, 6) is 1.76. The van der Waals surface area contributed by atoms with Gasteiger partial charge in [0.25, 0.3) is 0 Å². The predicted octanol–water partition coefficient (Wildman–Crippen LogP) is 3.16. The Labute approximate surface area is 144 Å². The van der Waals surface area contributed by atoms with E-state index in [1.165, 1.54) is 11.8 Å². The molecular formula is C16H20N6OS. The molecule has 0 spiro atoms. The minimum atomic E-state index is -0.0149. The standard InChI is InChI=1S/C16H20N6OS/c1-11(2)9-14-17-18-15(23-14)12(3)24-16-19-20-21-22(16)10-13-7-5-4-6-8-13/h4-8,11-12H,9-10H2,1-3H3/t12-/m1/s1. The van der Waals surface area contributed by atoms with Crippen LogP contribution in [0.15, 0.2) is 39.9 Å². The second-order valence-electron chi connectivity index (χ2n) is 6.00. The molecule has 0 aliphatic carbocycles. The molecule has 1 aromatic carbocycles. The first kappa shape index (κ1) is 16.6. The van der Waals surface area contributed by atoms with Gasteiger partial charge in [0.2, 0.25) is 16.9 Å². The lowest BCUT2D eigenvalue weighted by atomic mass is 10.1. The van der Waals surface area contributed by atoms with Gasteiger partial charge in [-0.15, -0.1) is 15.3 Å². The maximum atomic E-state index is 5.74. The molecule has 0 aliphatic heterocycles. The summed E-state index contributed by atoms with van der Waals surface area (Å²) in [7, 11) is 0. The van der Waals surface area contributed by atoms with Gasteiger partial charge in [0.1, 0.15) is 0 Å². The lowest BCUT2D eigenvalue weighted by Gasteiger charge is -2.07. The molecule has 1 atom stereocenters. The molecule has 0 bridgehead atoms. The van der Waals surface area contributed by atoms with Crippen molar-refractivity contribution in [3.63, 3.8) is 0 Å². The fraction of sp³-hybridized carbons (Fsp3) is 0.438. The van der Waals surface area contributed by atoms with Crippen molar-refractivity contribution in [3.8, 4) is 0 Å². The van der Waals surface area contributed by atoms with Gasteiger partial charge in [-0.1, -0.05) is 55.9 Å². The van der Waals surface area contributed by atoms with Crippen molar-refractivity contribution in [3.05, 3.63) is 47.7 Å². The molecule has 2 aromatic heterocycles. The number of benzene rings is 1. The van der Waals surface area contributed by atoms with Crippen LogP contribution in [0.25, 0.3) is 0 Å². The highest BCUT2D eigenvalue weighted by Crippen LogP contribution is 2.32. The zero-order valence-corrected chi connectivity index (χ0v) is 14.8. The third-order valence-corrected chi connectivity index (χ3v) is 4.43. The van der Waals surface area contributed by atoms with Crippen molar-refractivity contribution in [1.29, 1.82) is 0 Å². The number of hydrogen-bond acceptors (Lipinski definition) is 7. The van der Waals surface area contributed by atoms with E-state index >= 15 is 0 Å². The Morgan fingerprint density at radius 3 is 2.62 bits per heavy atom. The molecule has 2 heterocycles. The number of tetrazole rings is 1. The van der Waals surface area contributed by atoms with E-state index in [4.69, 9.17) is 4.42 Å². The second-order valence-corrected chi connectivity index (χ2v) is 7.30. The van der Waals surface area contributed by atoms with Crippen molar-refractivity contribution in [2.45, 2.75) is 44.1 Å². The van der Waals surface area contributed by atoms with Crippen molar-refractivity contribution >= 4 is 11.8 Å². The van der Waals surface area contributed by atoms with Crippen LogP contribution in [0.4, 0.5) is 0 Å². The van der Waals surface area contributed by atoms with Crippen LogP contribution in [0.5, 0.6) is 0 Å². The molecule has 0 unspecified atom stereocenters. The average molecular weight is 344 g/mol. The molecule has 126 valence electrons. The summed E-state index contributed by atoms with van der Waals surface area (Å²) in [6.45, 7) is 6.89. The van der Waals surface area contributed by atoms with Gasteiger partial charge in [-0.25, -0.2) is 4.68 Å². The van der Waals surface area contributed by atoms with Crippen molar-refractivity contribution < 1.29 is 4.42 Å². The van der Waals surface area contributed by atoms with E-state index in [-0.39, 0.29) is 5.25 Å². The number of thioether (sulfide) groups is 1. The largest absolute Gasteiger partial charge is 0.424 e. The van der Waals surface area contributed by atoms with Gasteiger partial charge in [-0.2, -0.15) is 0 Å². The van der Waals surface area contributed by atoms with Crippen LogP contribution in [-0.4, -0.2) is 30.4 Å². The maximum Gasteiger partial charge on any atom is 0.229 e. The molecule has 0 N–H and O–H groups in total. The van der Waals surface area contributed by atoms with Crippen LogP contribution < -0.4 is 0 Å². The normalized spacial score (nSPS) is 12.7. The Kier molecular flexibility index (Phi) is 5.24. The Balaban J connectivity index is 1.68. The summed E-state index contributed by atoms with van der Waals surface area (Å²) in [5, 5.41) is 20.9. The molecule has 0 radical (unpaired) electrons. The molecule has 0 saturated carbocycles. The molecule has 0 amide bonds. The third kappa shape index (κ3) is 4.19. The summed E-state index contributed by atoms with van der Waals surface area (Å²) < 4.78 is 7.52. The van der Waals surface area contributed by atoms with Crippen molar-refractivity contribution in [1.82, 2.24) is 30.4 Å². The number of nitrogens with zero attached hydrogens (tertiary/aromatic N) is 6. The van der Waals surface area contributed by atoms with E-state index in [9.17, 15) is 0 Å². The highest BCUT2D eigenvalue weighted by atomic mass is 32.2. The van der Waals surface area contributed by atoms with Crippen LogP contribution in [-0.2, 0) is 13.0 Å². The van der Waals surface area contributed by atoms with Gasteiger partial charge in [0.15, 0.2) is 0 Å². The molecule has 8 heteroatoms. The van der Waals surface area contributed by atoms with Gasteiger partial charge < -0.3 is 4.42 Å². The predicted molar refractivity (Wildman–Crippen MR) is 90.5 cm³/mol. The van der Waals surface area contributed by atoms with Gasteiger partial charge in [-0.3, -0.25) is 0 Å². The summed E-state index contributed by atoms with van der Waals surface area (Å²) in [6.07, 6.45) is 0.788. The Morgan fingerprint density at radius 1 is 1.08 bits per heavy atom. The van der Waals surface area contributed by atoms with E-state index in [2.05, 4.69) is 51.7 Å². The third-order valence-electron chi connectivity index (χ3n) is 3.37. The number of aromatic nitrogens is 6. The lowest BCUT2D eigenvalue weighted by molar-refractivity contribution is 0.426. The molecule has 7 nitrogen and oxygen atoms in total. The minimum absolute atomic E-state index is 0.0149. The van der Waals surface area contributed by atoms with Crippen LogP contribution in [0.2, 0.25) is 0 Å². The van der Waals surface area contributed by atoms with E-state index < -0.39 is 0 Å². The van der Waals surface area contributed by atoms with E-state index in [1.807, 2.05) is 25.1 Å². The van der Waals surface area contributed by atoms with Crippen LogP contribution in [0, 0.1) is 5.92 Å². The molecule has 3 aromatic rings. The molecule has 24 heavy (non-hydrogen) atoms. The monoisotopic (exact) mass is 344 g/mol. The summed E-state index contributed by atoms with van der Waals surface area (Å²) in [5.41, 5.74) is 1.15. The number of hydrogen-bond donors (Lipinski definition) is 0. The summed E-state index contributed by atoms with van der Waals surface area (Å²) in [4.78, 5) is 0. The van der Waals surface area contributed by atoms with Crippen LogP contribution in [0.1, 0.15) is 43.4 Å². The first-order chi connectivity index (χ1) is 11.6. The van der Waals surface area contributed by atoms with Gasteiger partial charge in [0.05, 0.1) is 11.8 Å². The highest BCUT2D eigenvalue weighted by molar-refractivity contribution is 7.99. The minimum Gasteiger partial charge on any atom is -0.424 e. The maximum absolute atomic E-state index is 5.74. The number of rotatable bonds is 7. The molecule has 0 fully saturated rings. The lowest BCUT2D eigenvalue weighted by Crippen LogP contribution is -2.04. The van der Waals surface area contributed by atoms with Crippen molar-refractivity contribution in [2.75, 3.05) is 0 Å². The Morgan fingerprint density at radius 2 is 1.88 bits per heavy atom. The fourth-order valence-electron chi connectivity index (χ4n) is 2.21. The Hall–Kier alpha value is -2.22. The van der Waals surface area contributed by atoms with Gasteiger partial charge in [0, 0.05) is 6.42 Å². The smallest absolute Gasteiger partial charge is 0.229 e. The van der Waals surface area contributed by atoms with E-state index in [1.54, 1.807) is 4.68 Å². The van der Waals surface area contributed by atoms with Crippen molar-refractivity contribution in [2.24, 2.45) is 5.92 Å². The molecule has 0 saturated heterocycles. The SMILES string of the molecule is CC(C)Cc1nnc([C@@H](C)Sc2nnnn2Cc2ccccc2)o1. The second kappa shape index (κ2) is 7.57. The van der Waals surface area contributed by atoms with E-state index in [0.717, 1.165) is 17.1 Å². The molecular weight excluding hydrogens is 324 g/mol.